The minimum absolute atomic E-state index is 0.0711. The Morgan fingerprint density at radius 1 is 0.941 bits per heavy atom. The van der Waals surface area contributed by atoms with E-state index in [2.05, 4.69) is 84.5 Å². The quantitative estimate of drug-likeness (QED) is 0.659. The summed E-state index contributed by atoms with van der Waals surface area (Å²) < 4.78 is 0. The maximum absolute atomic E-state index is 9.57. The van der Waals surface area contributed by atoms with Crippen molar-refractivity contribution in [1.82, 2.24) is 9.80 Å². The molecule has 2 aromatic rings. The lowest BCUT2D eigenvalue weighted by atomic mass is 9.64. The number of aliphatic imine (C=N–C) groups is 1. The number of nitrogens with zero attached hydrogens (tertiary/aromatic N) is 6. The molecule has 0 amide bonds. The number of nitriles is 2. The third-order valence-electron chi connectivity index (χ3n) is 7.98. The molecule has 0 aromatic heterocycles. The fourth-order valence-corrected chi connectivity index (χ4v) is 6.03. The van der Waals surface area contributed by atoms with Crippen molar-refractivity contribution in [2.24, 2.45) is 10.9 Å². The SMILES string of the molecule is CC1C(c2ccc(C#N)cc2CC2=CC3c4cc(C#N)ccc4N4C=CN(C)C4C23)N=CN1C. The molecule has 0 bridgehead atoms. The van der Waals surface area contributed by atoms with Gasteiger partial charge in [0.1, 0.15) is 6.17 Å². The molecule has 3 heterocycles. The van der Waals surface area contributed by atoms with Gasteiger partial charge in [0, 0.05) is 44.0 Å². The highest BCUT2D eigenvalue weighted by molar-refractivity contribution is 5.68. The van der Waals surface area contributed by atoms with Gasteiger partial charge >= 0.3 is 0 Å². The maximum Gasteiger partial charge on any atom is 0.113 e. The van der Waals surface area contributed by atoms with E-state index in [9.17, 15) is 10.5 Å². The first-order valence-corrected chi connectivity index (χ1v) is 11.7. The van der Waals surface area contributed by atoms with E-state index in [-0.39, 0.29) is 18.2 Å². The number of hydrogen-bond acceptors (Lipinski definition) is 6. The molecule has 6 heteroatoms. The molecule has 6 rings (SSSR count). The molecule has 2 aromatic carbocycles. The van der Waals surface area contributed by atoms with Gasteiger partial charge in [-0.15, -0.1) is 0 Å². The van der Waals surface area contributed by atoms with E-state index in [1.165, 1.54) is 28.0 Å². The Bertz CT molecular complexity index is 1360. The van der Waals surface area contributed by atoms with E-state index >= 15 is 0 Å². The molecule has 6 nitrogen and oxygen atoms in total. The molecule has 0 radical (unpaired) electrons. The van der Waals surface area contributed by atoms with E-state index in [1.807, 2.05) is 24.5 Å². The molecule has 3 aliphatic heterocycles. The van der Waals surface area contributed by atoms with Crippen molar-refractivity contribution >= 4 is 12.0 Å². The first kappa shape index (κ1) is 20.6. The summed E-state index contributed by atoms with van der Waals surface area (Å²) in [5.41, 5.74) is 7.58. The summed E-state index contributed by atoms with van der Waals surface area (Å²) in [5, 5.41) is 19.0. The van der Waals surface area contributed by atoms with E-state index in [0.29, 0.717) is 23.0 Å². The summed E-state index contributed by atoms with van der Waals surface area (Å²) >= 11 is 0. The number of fused-ring (bicyclic) bond motifs is 6. The topological polar surface area (TPSA) is 69.7 Å². The maximum atomic E-state index is 9.57. The van der Waals surface area contributed by atoms with Gasteiger partial charge in [-0.3, -0.25) is 4.99 Å². The number of benzene rings is 2. The second kappa shape index (κ2) is 7.50. The largest absolute Gasteiger partial charge is 0.361 e. The summed E-state index contributed by atoms with van der Waals surface area (Å²) in [6.07, 6.45) is 9.61. The fraction of sp³-hybridized carbons (Fsp3) is 0.321. The highest BCUT2D eigenvalue weighted by Crippen LogP contribution is 2.55. The van der Waals surface area contributed by atoms with Crippen LogP contribution in [-0.2, 0) is 6.42 Å². The van der Waals surface area contributed by atoms with Gasteiger partial charge in [0.15, 0.2) is 0 Å². The number of anilines is 1. The number of rotatable bonds is 3. The van der Waals surface area contributed by atoms with E-state index in [0.717, 1.165) is 6.42 Å². The van der Waals surface area contributed by atoms with Crippen LogP contribution in [0.15, 0.2) is 65.4 Å². The van der Waals surface area contributed by atoms with Crippen molar-refractivity contribution in [2.75, 3.05) is 19.0 Å². The van der Waals surface area contributed by atoms with Crippen LogP contribution in [0.4, 0.5) is 5.69 Å². The van der Waals surface area contributed by atoms with E-state index in [4.69, 9.17) is 4.99 Å². The van der Waals surface area contributed by atoms with Gasteiger partial charge in [-0.25, -0.2) is 0 Å². The Labute approximate surface area is 200 Å². The van der Waals surface area contributed by atoms with Crippen molar-refractivity contribution in [3.63, 3.8) is 0 Å². The summed E-state index contributed by atoms with van der Waals surface area (Å²) in [5.74, 6) is 0.617. The van der Waals surface area contributed by atoms with Crippen molar-refractivity contribution in [1.29, 1.82) is 10.5 Å². The lowest BCUT2D eigenvalue weighted by Gasteiger charge is -2.51. The molecular weight excluding hydrogens is 420 g/mol. The van der Waals surface area contributed by atoms with Crippen LogP contribution >= 0.6 is 0 Å². The zero-order valence-electron chi connectivity index (χ0n) is 19.6. The molecular formula is C28H26N6. The second-order valence-corrected chi connectivity index (χ2v) is 9.78. The van der Waals surface area contributed by atoms with E-state index in [1.54, 1.807) is 0 Å². The van der Waals surface area contributed by atoms with Gasteiger partial charge in [-0.1, -0.05) is 17.7 Å². The summed E-state index contributed by atoms with van der Waals surface area (Å²) in [4.78, 5) is 11.5. The second-order valence-electron chi connectivity index (χ2n) is 9.78. The standard InChI is InChI=1S/C28H26N6/c1-17-27(31-16-33(17)3)22-6-4-18(14-29)10-20(22)12-21-13-24-23-11-19(15-30)5-7-25(23)34-9-8-32(2)28(34)26(21)24/h4-11,13,16-17,24,26-28H,12H2,1-3H3. The lowest BCUT2D eigenvalue weighted by molar-refractivity contribution is 0.234. The summed E-state index contributed by atoms with van der Waals surface area (Å²) in [6, 6.07) is 17.1. The molecule has 0 saturated carbocycles. The fourth-order valence-electron chi connectivity index (χ4n) is 6.03. The normalized spacial score (nSPS) is 28.0. The van der Waals surface area contributed by atoms with Crippen LogP contribution in [0.3, 0.4) is 0 Å². The van der Waals surface area contributed by atoms with Crippen LogP contribution in [0.25, 0.3) is 0 Å². The van der Waals surface area contributed by atoms with Crippen molar-refractivity contribution in [3.8, 4) is 12.1 Å². The molecule has 0 N–H and O–H groups in total. The zero-order valence-corrected chi connectivity index (χ0v) is 19.6. The monoisotopic (exact) mass is 446 g/mol. The first-order valence-electron chi connectivity index (χ1n) is 11.7. The van der Waals surface area contributed by atoms with Gasteiger partial charge < -0.3 is 14.7 Å². The van der Waals surface area contributed by atoms with Crippen LogP contribution in [0.2, 0.25) is 0 Å². The van der Waals surface area contributed by atoms with Crippen LogP contribution < -0.4 is 4.90 Å². The van der Waals surface area contributed by atoms with Crippen molar-refractivity contribution < 1.29 is 0 Å². The Kier molecular flexibility index (Phi) is 4.54. The van der Waals surface area contributed by atoms with E-state index < -0.39 is 0 Å². The third-order valence-corrected chi connectivity index (χ3v) is 7.98. The van der Waals surface area contributed by atoms with Crippen LogP contribution in [-0.4, -0.2) is 42.4 Å². The van der Waals surface area contributed by atoms with Gasteiger partial charge in [0.05, 0.1) is 41.7 Å². The Balaban J connectivity index is 1.40. The molecule has 34 heavy (non-hydrogen) atoms. The average molecular weight is 447 g/mol. The molecule has 5 unspecified atom stereocenters. The van der Waals surface area contributed by atoms with Gasteiger partial charge in [0.25, 0.3) is 0 Å². The van der Waals surface area contributed by atoms with Gasteiger partial charge in [0.2, 0.25) is 0 Å². The minimum atomic E-state index is 0.0711. The van der Waals surface area contributed by atoms with Crippen molar-refractivity contribution in [3.05, 3.63) is 88.3 Å². The number of allylic oxidation sites excluding steroid dienone is 1. The third kappa shape index (κ3) is 2.89. The minimum Gasteiger partial charge on any atom is -0.361 e. The molecule has 0 saturated heterocycles. The molecule has 0 spiro atoms. The molecule has 4 aliphatic rings. The molecule has 0 fully saturated rings. The highest BCUT2D eigenvalue weighted by Gasteiger charge is 2.49. The average Bonchev–Trinajstić information content (AvgIpc) is 3.38. The Morgan fingerprint density at radius 2 is 1.71 bits per heavy atom. The Morgan fingerprint density at radius 3 is 2.44 bits per heavy atom. The highest BCUT2D eigenvalue weighted by atomic mass is 15.4. The summed E-state index contributed by atoms with van der Waals surface area (Å²) in [6.45, 7) is 2.19. The number of hydrogen-bond donors (Lipinski definition) is 0. The van der Waals surface area contributed by atoms with Gasteiger partial charge in [-0.2, -0.15) is 10.5 Å². The Hall–Kier alpha value is -4.03. The predicted molar refractivity (Wildman–Crippen MR) is 132 cm³/mol. The van der Waals surface area contributed by atoms with Crippen LogP contribution in [0.1, 0.15) is 46.7 Å². The number of likely N-dealkylation sites (N-methyl/N-ethyl adjacent to an activating group) is 1. The van der Waals surface area contributed by atoms with Crippen LogP contribution in [0.5, 0.6) is 0 Å². The summed E-state index contributed by atoms with van der Waals surface area (Å²) in [7, 11) is 4.19. The predicted octanol–water partition coefficient (Wildman–Crippen LogP) is 4.28. The van der Waals surface area contributed by atoms with Crippen molar-refractivity contribution in [2.45, 2.75) is 37.5 Å². The first-order chi connectivity index (χ1) is 16.5. The lowest BCUT2D eigenvalue weighted by Crippen LogP contribution is -2.52. The van der Waals surface area contributed by atoms with Gasteiger partial charge in [-0.05, 0) is 60.4 Å². The molecule has 168 valence electrons. The zero-order chi connectivity index (χ0) is 23.6. The molecule has 5 atom stereocenters. The molecule has 1 aliphatic carbocycles. The van der Waals surface area contributed by atoms with Crippen LogP contribution in [0, 0.1) is 28.6 Å². The smallest absolute Gasteiger partial charge is 0.113 e.